The van der Waals surface area contributed by atoms with Crippen LogP contribution in [0.4, 0.5) is 5.69 Å². The highest BCUT2D eigenvalue weighted by atomic mass is 32.2. The summed E-state index contributed by atoms with van der Waals surface area (Å²) in [5, 5.41) is 2.93. The van der Waals surface area contributed by atoms with Gasteiger partial charge in [-0.3, -0.25) is 9.10 Å². The second-order valence-corrected chi connectivity index (χ2v) is 10.2. The van der Waals surface area contributed by atoms with Crippen LogP contribution in [0.25, 0.3) is 0 Å². The average Bonchev–Trinajstić information content (AvgIpc) is 2.86. The third kappa shape index (κ3) is 6.76. The predicted octanol–water partition coefficient (Wildman–Crippen LogP) is 4.35. The molecule has 0 bridgehead atoms. The van der Waals surface area contributed by atoms with Crippen LogP contribution in [0.3, 0.4) is 0 Å². The molecule has 7 nitrogen and oxygen atoms in total. The molecule has 0 aliphatic rings. The maximum atomic E-state index is 13.8. The zero-order valence-electron chi connectivity index (χ0n) is 20.5. The quantitative estimate of drug-likeness (QED) is 0.427. The van der Waals surface area contributed by atoms with Crippen LogP contribution in [0.1, 0.15) is 24.5 Å². The topological polar surface area (TPSA) is 84.9 Å². The van der Waals surface area contributed by atoms with Crippen LogP contribution in [0.5, 0.6) is 11.5 Å². The van der Waals surface area contributed by atoms with E-state index in [-0.39, 0.29) is 23.2 Å². The first-order valence-corrected chi connectivity index (χ1v) is 12.8. The van der Waals surface area contributed by atoms with Crippen molar-refractivity contribution in [1.29, 1.82) is 0 Å². The molecule has 35 heavy (non-hydrogen) atoms. The lowest BCUT2D eigenvalue weighted by Crippen LogP contribution is -2.43. The standard InChI is InChI=1S/C27H32N2O5S/c1-20-13-16-25(34-4)26(17-20)35(31,32)29(23-11-8-12-24(18-23)33-3)19-27(30)28-21(2)14-15-22-9-6-5-7-10-22/h5-13,16-18,21H,14-15,19H2,1-4H3,(H,28,30)/t21-/m0/s1. The van der Waals surface area contributed by atoms with Crippen molar-refractivity contribution in [2.45, 2.75) is 37.6 Å². The van der Waals surface area contributed by atoms with E-state index in [0.717, 1.165) is 22.7 Å². The number of carbonyl (C=O) groups excluding carboxylic acids is 1. The second-order valence-electron chi connectivity index (χ2n) is 8.36. The maximum absolute atomic E-state index is 13.8. The Morgan fingerprint density at radius 3 is 2.40 bits per heavy atom. The van der Waals surface area contributed by atoms with E-state index < -0.39 is 15.9 Å². The Bertz CT molecular complexity index is 1250. The van der Waals surface area contributed by atoms with Crippen LogP contribution in [0.2, 0.25) is 0 Å². The van der Waals surface area contributed by atoms with Gasteiger partial charge < -0.3 is 14.8 Å². The molecule has 0 aliphatic heterocycles. The van der Waals surface area contributed by atoms with Crippen LogP contribution in [-0.4, -0.2) is 41.1 Å². The van der Waals surface area contributed by atoms with Gasteiger partial charge >= 0.3 is 0 Å². The summed E-state index contributed by atoms with van der Waals surface area (Å²) in [5.41, 5.74) is 2.26. The van der Waals surface area contributed by atoms with Gasteiger partial charge in [-0.05, 0) is 62.1 Å². The van der Waals surface area contributed by atoms with Gasteiger partial charge in [-0.2, -0.15) is 0 Å². The highest BCUT2D eigenvalue weighted by molar-refractivity contribution is 7.93. The Morgan fingerprint density at radius 2 is 1.71 bits per heavy atom. The third-order valence-electron chi connectivity index (χ3n) is 5.63. The minimum absolute atomic E-state index is 0.00672. The number of rotatable bonds is 11. The summed E-state index contributed by atoms with van der Waals surface area (Å²) < 4.78 is 39.3. The number of hydrogen-bond acceptors (Lipinski definition) is 5. The molecule has 8 heteroatoms. The fraction of sp³-hybridized carbons (Fsp3) is 0.296. The monoisotopic (exact) mass is 496 g/mol. The van der Waals surface area contributed by atoms with Crippen molar-refractivity contribution >= 4 is 21.6 Å². The van der Waals surface area contributed by atoms with Crippen LogP contribution < -0.4 is 19.1 Å². The van der Waals surface area contributed by atoms with Gasteiger partial charge in [-0.15, -0.1) is 0 Å². The Morgan fingerprint density at radius 1 is 0.971 bits per heavy atom. The summed E-state index contributed by atoms with van der Waals surface area (Å²) in [5.74, 6) is 0.291. The Labute approximate surface area is 207 Å². The van der Waals surface area contributed by atoms with Crippen molar-refractivity contribution in [3.8, 4) is 11.5 Å². The molecule has 0 fully saturated rings. The van der Waals surface area contributed by atoms with E-state index in [2.05, 4.69) is 5.32 Å². The first kappa shape index (κ1) is 26.1. The van der Waals surface area contributed by atoms with E-state index >= 15 is 0 Å². The Kier molecular flexibility index (Phi) is 8.76. The molecule has 0 aromatic heterocycles. The van der Waals surface area contributed by atoms with E-state index in [1.54, 1.807) is 49.4 Å². The summed E-state index contributed by atoms with van der Waals surface area (Å²) in [6.45, 7) is 3.33. The molecule has 0 unspecified atom stereocenters. The number of benzene rings is 3. The number of anilines is 1. The van der Waals surface area contributed by atoms with Gasteiger partial charge in [0.15, 0.2) is 0 Å². The number of hydrogen-bond donors (Lipinski definition) is 1. The molecule has 0 heterocycles. The fourth-order valence-corrected chi connectivity index (χ4v) is 5.39. The number of nitrogens with one attached hydrogen (secondary N) is 1. The number of sulfonamides is 1. The van der Waals surface area contributed by atoms with Crippen molar-refractivity contribution in [3.63, 3.8) is 0 Å². The van der Waals surface area contributed by atoms with Gasteiger partial charge in [0.05, 0.1) is 19.9 Å². The Hall–Kier alpha value is -3.52. The lowest BCUT2D eigenvalue weighted by molar-refractivity contribution is -0.120. The lowest BCUT2D eigenvalue weighted by atomic mass is 10.1. The summed E-state index contributed by atoms with van der Waals surface area (Å²) in [6, 6.07) is 21.4. The zero-order chi connectivity index (χ0) is 25.4. The van der Waals surface area contributed by atoms with E-state index in [1.807, 2.05) is 37.3 Å². The molecule has 186 valence electrons. The minimum atomic E-state index is -4.14. The lowest BCUT2D eigenvalue weighted by Gasteiger charge is -2.26. The zero-order valence-corrected chi connectivity index (χ0v) is 21.3. The normalized spacial score (nSPS) is 12.0. The second kappa shape index (κ2) is 11.8. The smallest absolute Gasteiger partial charge is 0.268 e. The molecule has 0 saturated carbocycles. The van der Waals surface area contributed by atoms with E-state index in [1.165, 1.54) is 19.8 Å². The largest absolute Gasteiger partial charge is 0.497 e. The van der Waals surface area contributed by atoms with E-state index in [9.17, 15) is 13.2 Å². The van der Waals surface area contributed by atoms with Crippen molar-refractivity contribution in [3.05, 3.63) is 83.9 Å². The number of carbonyl (C=O) groups is 1. The number of amides is 1. The molecule has 0 saturated heterocycles. The number of aryl methyl sites for hydroxylation is 2. The van der Waals surface area contributed by atoms with Crippen molar-refractivity contribution in [2.75, 3.05) is 25.1 Å². The van der Waals surface area contributed by atoms with Gasteiger partial charge in [0, 0.05) is 12.1 Å². The molecule has 3 rings (SSSR count). The van der Waals surface area contributed by atoms with Crippen molar-refractivity contribution in [1.82, 2.24) is 5.32 Å². The first-order valence-electron chi connectivity index (χ1n) is 11.4. The summed E-state index contributed by atoms with van der Waals surface area (Å²) in [4.78, 5) is 13.0. The molecule has 1 amide bonds. The maximum Gasteiger partial charge on any atom is 0.268 e. The number of nitrogens with zero attached hydrogens (tertiary/aromatic N) is 1. The molecular formula is C27H32N2O5S. The van der Waals surface area contributed by atoms with E-state index in [0.29, 0.717) is 11.4 Å². The first-order chi connectivity index (χ1) is 16.7. The average molecular weight is 497 g/mol. The third-order valence-corrected chi connectivity index (χ3v) is 7.43. The predicted molar refractivity (Wildman–Crippen MR) is 138 cm³/mol. The van der Waals surface area contributed by atoms with Gasteiger partial charge in [-0.1, -0.05) is 42.5 Å². The van der Waals surface area contributed by atoms with Crippen LogP contribution in [0.15, 0.2) is 77.7 Å². The summed E-state index contributed by atoms with van der Waals surface area (Å²) in [7, 11) is -1.22. The molecule has 0 spiro atoms. The van der Waals surface area contributed by atoms with Gasteiger partial charge in [0.2, 0.25) is 5.91 Å². The van der Waals surface area contributed by atoms with Gasteiger partial charge in [-0.25, -0.2) is 8.42 Å². The molecule has 1 atom stereocenters. The number of ether oxygens (including phenoxy) is 2. The SMILES string of the molecule is COc1cccc(N(CC(=O)N[C@@H](C)CCc2ccccc2)S(=O)(=O)c2cc(C)ccc2OC)c1. The van der Waals surface area contributed by atoms with Gasteiger partial charge in [0.1, 0.15) is 22.9 Å². The van der Waals surface area contributed by atoms with E-state index in [4.69, 9.17) is 9.47 Å². The molecule has 3 aromatic carbocycles. The number of methoxy groups -OCH3 is 2. The summed E-state index contributed by atoms with van der Waals surface area (Å²) in [6.07, 6.45) is 1.54. The van der Waals surface area contributed by atoms with Crippen LogP contribution >= 0.6 is 0 Å². The molecular weight excluding hydrogens is 464 g/mol. The van der Waals surface area contributed by atoms with Crippen LogP contribution in [-0.2, 0) is 21.2 Å². The van der Waals surface area contributed by atoms with Gasteiger partial charge in [0.25, 0.3) is 10.0 Å². The van der Waals surface area contributed by atoms with Crippen molar-refractivity contribution < 1.29 is 22.7 Å². The molecule has 3 aromatic rings. The summed E-state index contributed by atoms with van der Waals surface area (Å²) >= 11 is 0. The minimum Gasteiger partial charge on any atom is -0.497 e. The molecule has 0 radical (unpaired) electrons. The van der Waals surface area contributed by atoms with Crippen LogP contribution in [0, 0.1) is 6.92 Å². The Balaban J connectivity index is 1.86. The highest BCUT2D eigenvalue weighted by Crippen LogP contribution is 2.32. The molecule has 1 N–H and O–H groups in total. The molecule has 0 aliphatic carbocycles. The van der Waals surface area contributed by atoms with Crippen molar-refractivity contribution in [2.24, 2.45) is 0 Å². The highest BCUT2D eigenvalue weighted by Gasteiger charge is 2.30. The fourth-order valence-electron chi connectivity index (χ4n) is 3.74.